The monoisotopic (exact) mass is 907 g/mol. The fourth-order valence-corrected chi connectivity index (χ4v) is 7.47. The lowest BCUT2D eigenvalue weighted by Crippen LogP contribution is -2.30. The predicted molar refractivity (Wildman–Crippen MR) is 279 cm³/mol. The zero-order chi connectivity index (χ0) is 47.2. The van der Waals surface area contributed by atoms with E-state index in [1.807, 2.05) is 0 Å². The van der Waals surface area contributed by atoms with Gasteiger partial charge >= 0.3 is 17.9 Å². The average molecular weight is 907 g/mol. The van der Waals surface area contributed by atoms with Gasteiger partial charge in [-0.1, -0.05) is 203 Å². The molecular formula is C59H102O6. The van der Waals surface area contributed by atoms with Crippen LogP contribution in [0.3, 0.4) is 0 Å². The maximum Gasteiger partial charge on any atom is 0.306 e. The maximum atomic E-state index is 12.8. The van der Waals surface area contributed by atoms with Gasteiger partial charge in [0.2, 0.25) is 0 Å². The van der Waals surface area contributed by atoms with Crippen molar-refractivity contribution in [1.29, 1.82) is 0 Å². The highest BCUT2D eigenvalue weighted by Crippen LogP contribution is 2.14. The van der Waals surface area contributed by atoms with E-state index in [1.165, 1.54) is 109 Å². The van der Waals surface area contributed by atoms with E-state index >= 15 is 0 Å². The number of esters is 3. The van der Waals surface area contributed by atoms with E-state index in [2.05, 4.69) is 93.7 Å². The van der Waals surface area contributed by atoms with E-state index in [1.54, 1.807) is 0 Å². The zero-order valence-corrected chi connectivity index (χ0v) is 42.7. The Morgan fingerprint density at radius 1 is 0.308 bits per heavy atom. The molecule has 0 radical (unpaired) electrons. The van der Waals surface area contributed by atoms with Crippen molar-refractivity contribution in [1.82, 2.24) is 0 Å². The van der Waals surface area contributed by atoms with Crippen molar-refractivity contribution in [2.24, 2.45) is 0 Å². The van der Waals surface area contributed by atoms with Crippen LogP contribution in [0.1, 0.15) is 265 Å². The van der Waals surface area contributed by atoms with Crippen molar-refractivity contribution in [2.45, 2.75) is 271 Å². The SMILES string of the molecule is CCCCC/C=C\C/C=C\C/C=C\CCCCCCC(=O)OC[C@@H](COC(=O)CCCCCCC/C=C\CCCCCCCC)OC(=O)CCCCCCC/C=C\C/C=C\CCCCC. The van der Waals surface area contributed by atoms with E-state index in [0.29, 0.717) is 19.3 Å². The zero-order valence-electron chi connectivity index (χ0n) is 42.7. The second-order valence-corrected chi connectivity index (χ2v) is 18.1. The molecule has 0 aromatic rings. The number of ether oxygens (including phenoxy) is 3. The highest BCUT2D eigenvalue weighted by molar-refractivity contribution is 5.71. The topological polar surface area (TPSA) is 78.9 Å². The van der Waals surface area contributed by atoms with Gasteiger partial charge in [-0.2, -0.15) is 0 Å². The Morgan fingerprint density at radius 2 is 0.554 bits per heavy atom. The van der Waals surface area contributed by atoms with Gasteiger partial charge in [0.1, 0.15) is 13.2 Å². The number of hydrogen-bond donors (Lipinski definition) is 0. The van der Waals surface area contributed by atoms with E-state index in [-0.39, 0.29) is 31.1 Å². The minimum atomic E-state index is -0.795. The van der Waals surface area contributed by atoms with Crippen LogP contribution >= 0.6 is 0 Å². The van der Waals surface area contributed by atoms with Crippen LogP contribution in [0.5, 0.6) is 0 Å². The third-order valence-corrected chi connectivity index (χ3v) is 11.7. The number of unbranched alkanes of at least 4 members (excludes halogenated alkanes) is 26. The predicted octanol–water partition coefficient (Wildman–Crippen LogP) is 18.2. The van der Waals surface area contributed by atoms with Crippen molar-refractivity contribution >= 4 is 17.9 Å². The molecule has 0 aliphatic carbocycles. The first kappa shape index (κ1) is 61.9. The number of carbonyl (C=O) groups excluding carboxylic acids is 3. The number of rotatable bonds is 49. The van der Waals surface area contributed by atoms with Gasteiger partial charge in [-0.25, -0.2) is 0 Å². The molecule has 1 atom stereocenters. The lowest BCUT2D eigenvalue weighted by atomic mass is 10.1. The summed E-state index contributed by atoms with van der Waals surface area (Å²) in [6.45, 7) is 6.55. The quantitative estimate of drug-likeness (QED) is 0.0262. The highest BCUT2D eigenvalue weighted by Gasteiger charge is 2.19. The molecule has 6 heteroatoms. The lowest BCUT2D eigenvalue weighted by Gasteiger charge is -2.18. The number of hydrogen-bond acceptors (Lipinski definition) is 6. The summed E-state index contributed by atoms with van der Waals surface area (Å²) in [5, 5.41) is 0. The fraction of sp³-hybridized carbons (Fsp3) is 0.746. The summed E-state index contributed by atoms with van der Waals surface area (Å²) in [7, 11) is 0. The average Bonchev–Trinajstić information content (AvgIpc) is 3.30. The Morgan fingerprint density at radius 3 is 0.908 bits per heavy atom. The van der Waals surface area contributed by atoms with E-state index in [4.69, 9.17) is 14.2 Å². The third kappa shape index (κ3) is 51.7. The van der Waals surface area contributed by atoms with Gasteiger partial charge in [-0.05, 0) is 116 Å². The van der Waals surface area contributed by atoms with Crippen LogP contribution in [0.25, 0.3) is 0 Å². The Balaban J connectivity index is 4.46. The minimum Gasteiger partial charge on any atom is -0.462 e. The summed E-state index contributed by atoms with van der Waals surface area (Å²) in [6.07, 6.45) is 67.3. The molecule has 0 heterocycles. The van der Waals surface area contributed by atoms with Crippen LogP contribution in [0.4, 0.5) is 0 Å². The van der Waals surface area contributed by atoms with Gasteiger partial charge < -0.3 is 14.2 Å². The minimum absolute atomic E-state index is 0.0927. The second-order valence-electron chi connectivity index (χ2n) is 18.1. The molecular weight excluding hydrogens is 805 g/mol. The van der Waals surface area contributed by atoms with E-state index < -0.39 is 6.10 Å². The molecule has 0 aromatic heterocycles. The van der Waals surface area contributed by atoms with Crippen LogP contribution in [-0.4, -0.2) is 37.2 Å². The molecule has 374 valence electrons. The van der Waals surface area contributed by atoms with Crippen LogP contribution < -0.4 is 0 Å². The smallest absolute Gasteiger partial charge is 0.306 e. The molecule has 0 amide bonds. The van der Waals surface area contributed by atoms with Crippen LogP contribution in [0.2, 0.25) is 0 Å². The molecule has 0 spiro atoms. The van der Waals surface area contributed by atoms with Crippen LogP contribution in [0.15, 0.2) is 72.9 Å². The standard InChI is InChI=1S/C59H102O6/c1-4-7-10-13-16-19-22-25-28-29-32-34-37-40-43-46-49-52-58(61)64-55-56(65-59(62)53-50-47-44-41-38-35-31-27-24-21-18-15-12-9-6-3)54-63-57(60)51-48-45-42-39-36-33-30-26-23-20-17-14-11-8-5-2/h16,18-19,21,25-28,30-32,34,56H,4-15,17,20,22-24,29,33,35-55H2,1-3H3/b19-16-,21-18-,28-25-,30-26-,31-27-,34-32-/t56-/m1/s1. The van der Waals surface area contributed by atoms with Gasteiger partial charge in [-0.15, -0.1) is 0 Å². The molecule has 0 aliphatic rings. The van der Waals surface area contributed by atoms with Gasteiger partial charge in [0.05, 0.1) is 0 Å². The molecule has 0 saturated heterocycles. The van der Waals surface area contributed by atoms with Crippen molar-refractivity contribution in [3.63, 3.8) is 0 Å². The molecule has 0 fully saturated rings. The molecule has 65 heavy (non-hydrogen) atoms. The Hall–Kier alpha value is -3.15. The molecule has 0 aliphatic heterocycles. The molecule has 0 bridgehead atoms. The summed E-state index contributed by atoms with van der Waals surface area (Å²) >= 11 is 0. The van der Waals surface area contributed by atoms with E-state index in [0.717, 1.165) is 116 Å². The highest BCUT2D eigenvalue weighted by atomic mass is 16.6. The first-order valence-corrected chi connectivity index (χ1v) is 27.4. The normalized spacial score (nSPS) is 12.6. The van der Waals surface area contributed by atoms with Gasteiger partial charge in [0, 0.05) is 19.3 Å². The summed E-state index contributed by atoms with van der Waals surface area (Å²) < 4.78 is 16.8. The van der Waals surface area contributed by atoms with E-state index in [9.17, 15) is 14.4 Å². The first-order valence-electron chi connectivity index (χ1n) is 27.4. The van der Waals surface area contributed by atoms with Crippen LogP contribution in [0, 0.1) is 0 Å². The molecule has 0 saturated carbocycles. The second kappa shape index (κ2) is 53.5. The molecule has 0 rings (SSSR count). The van der Waals surface area contributed by atoms with Gasteiger partial charge in [0.15, 0.2) is 6.10 Å². The largest absolute Gasteiger partial charge is 0.462 e. The van der Waals surface area contributed by atoms with Gasteiger partial charge in [0.25, 0.3) is 0 Å². The van der Waals surface area contributed by atoms with Crippen LogP contribution in [-0.2, 0) is 28.6 Å². The van der Waals surface area contributed by atoms with Crippen molar-refractivity contribution in [3.05, 3.63) is 72.9 Å². The fourth-order valence-electron chi connectivity index (χ4n) is 7.47. The van der Waals surface area contributed by atoms with Crippen molar-refractivity contribution in [2.75, 3.05) is 13.2 Å². The maximum absolute atomic E-state index is 12.8. The summed E-state index contributed by atoms with van der Waals surface area (Å²) in [6, 6.07) is 0. The molecule has 6 nitrogen and oxygen atoms in total. The number of carbonyl (C=O) groups is 3. The first-order chi connectivity index (χ1) is 32.0. The Bertz CT molecular complexity index is 1230. The molecule has 0 N–H and O–H groups in total. The lowest BCUT2D eigenvalue weighted by molar-refractivity contribution is -0.167. The molecule has 0 aromatic carbocycles. The summed E-state index contributed by atoms with van der Waals surface area (Å²) in [5.41, 5.74) is 0. The summed E-state index contributed by atoms with van der Waals surface area (Å²) in [5.74, 6) is -0.932. The Kier molecular flexibility index (Phi) is 50.9. The third-order valence-electron chi connectivity index (χ3n) is 11.7. The Labute approximate surface area is 402 Å². The summed E-state index contributed by atoms with van der Waals surface area (Å²) in [4.78, 5) is 38.1. The van der Waals surface area contributed by atoms with Crippen molar-refractivity contribution < 1.29 is 28.6 Å². The number of allylic oxidation sites excluding steroid dienone is 12. The van der Waals surface area contributed by atoms with Crippen molar-refractivity contribution in [3.8, 4) is 0 Å². The van der Waals surface area contributed by atoms with Gasteiger partial charge in [-0.3, -0.25) is 14.4 Å². The molecule has 0 unspecified atom stereocenters.